The monoisotopic (exact) mass is 507 g/mol. The van der Waals surface area contributed by atoms with E-state index >= 15 is 0 Å². The Morgan fingerprint density at radius 1 is 0.917 bits per heavy atom. The van der Waals surface area contributed by atoms with Crippen LogP contribution in [0.15, 0.2) is 72.8 Å². The zero-order valence-electron chi connectivity index (χ0n) is 20.9. The molecule has 1 aliphatic rings. The molecular weight excluding hydrogens is 474 g/mol. The molecule has 8 heteroatoms. The number of phenols is 1. The average molecular weight is 508 g/mol. The molecule has 2 N–H and O–H groups in total. The SMILES string of the molecule is CC(C)(C)S(=O)(=O)NC(=O)c1ccc(N2CCN(Cc3ccccc3-c3cccc(O)c3)CC2)cc1. The molecule has 0 radical (unpaired) electrons. The Hall–Kier alpha value is -3.36. The normalized spacial score (nSPS) is 15.0. The van der Waals surface area contributed by atoms with Gasteiger partial charge in [0.2, 0.25) is 10.0 Å². The van der Waals surface area contributed by atoms with Gasteiger partial charge >= 0.3 is 0 Å². The predicted molar refractivity (Wildman–Crippen MR) is 144 cm³/mol. The number of nitrogens with one attached hydrogen (secondary N) is 1. The summed E-state index contributed by atoms with van der Waals surface area (Å²) in [5.74, 6) is -0.359. The van der Waals surface area contributed by atoms with Crippen LogP contribution in [-0.2, 0) is 16.6 Å². The summed E-state index contributed by atoms with van der Waals surface area (Å²) in [7, 11) is -3.76. The summed E-state index contributed by atoms with van der Waals surface area (Å²) in [4.78, 5) is 17.1. The van der Waals surface area contributed by atoms with Crippen LogP contribution in [0.1, 0.15) is 36.7 Å². The van der Waals surface area contributed by atoms with E-state index in [1.165, 1.54) is 5.56 Å². The van der Waals surface area contributed by atoms with Crippen molar-refractivity contribution >= 4 is 21.6 Å². The van der Waals surface area contributed by atoms with Crippen LogP contribution in [0.5, 0.6) is 5.75 Å². The average Bonchev–Trinajstić information content (AvgIpc) is 2.84. The zero-order chi connectivity index (χ0) is 25.9. The third kappa shape index (κ3) is 5.88. The van der Waals surface area contributed by atoms with Crippen LogP contribution in [0.2, 0.25) is 0 Å². The Morgan fingerprint density at radius 2 is 1.58 bits per heavy atom. The fourth-order valence-electron chi connectivity index (χ4n) is 4.18. The van der Waals surface area contributed by atoms with E-state index in [1.807, 2.05) is 36.4 Å². The molecular formula is C28H33N3O4S. The Bertz CT molecular complexity index is 1320. The minimum absolute atomic E-state index is 0.259. The van der Waals surface area contributed by atoms with Crippen molar-refractivity contribution in [2.45, 2.75) is 32.1 Å². The molecule has 7 nitrogen and oxygen atoms in total. The summed E-state index contributed by atoms with van der Waals surface area (Å²) in [6.45, 7) is 8.95. The quantitative estimate of drug-likeness (QED) is 0.519. The summed E-state index contributed by atoms with van der Waals surface area (Å²) in [6.07, 6.45) is 0. The summed E-state index contributed by atoms with van der Waals surface area (Å²) >= 11 is 0. The number of hydrogen-bond acceptors (Lipinski definition) is 6. The highest BCUT2D eigenvalue weighted by atomic mass is 32.2. The Balaban J connectivity index is 1.37. The lowest BCUT2D eigenvalue weighted by molar-refractivity contribution is 0.0980. The van der Waals surface area contributed by atoms with Crippen LogP contribution in [0.3, 0.4) is 0 Å². The van der Waals surface area contributed by atoms with Crippen LogP contribution in [0, 0.1) is 0 Å². The molecule has 190 valence electrons. The summed E-state index contributed by atoms with van der Waals surface area (Å²) in [5.41, 5.74) is 4.66. The maximum atomic E-state index is 12.4. The molecule has 1 fully saturated rings. The Morgan fingerprint density at radius 3 is 2.22 bits per heavy atom. The van der Waals surface area contributed by atoms with Gasteiger partial charge in [-0.05, 0) is 73.9 Å². The molecule has 3 aromatic carbocycles. The minimum atomic E-state index is -3.76. The van der Waals surface area contributed by atoms with Gasteiger partial charge < -0.3 is 10.0 Å². The van der Waals surface area contributed by atoms with E-state index in [0.29, 0.717) is 5.56 Å². The van der Waals surface area contributed by atoms with Gasteiger partial charge in [-0.3, -0.25) is 9.69 Å². The van der Waals surface area contributed by atoms with Crippen LogP contribution in [0.4, 0.5) is 5.69 Å². The lowest BCUT2D eigenvalue weighted by Crippen LogP contribution is -2.46. The lowest BCUT2D eigenvalue weighted by Gasteiger charge is -2.36. The summed E-state index contributed by atoms with van der Waals surface area (Å²) in [6, 6.07) is 22.7. The molecule has 4 rings (SSSR count). The van der Waals surface area contributed by atoms with Gasteiger partial charge in [-0.1, -0.05) is 36.4 Å². The topological polar surface area (TPSA) is 90.0 Å². The predicted octanol–water partition coefficient (Wildman–Crippen LogP) is 4.24. The number of carbonyl (C=O) groups excluding carboxylic acids is 1. The molecule has 1 aliphatic heterocycles. The van der Waals surface area contributed by atoms with Gasteiger partial charge in [0.1, 0.15) is 5.75 Å². The Kier molecular flexibility index (Phi) is 7.38. The lowest BCUT2D eigenvalue weighted by atomic mass is 9.99. The first-order valence-corrected chi connectivity index (χ1v) is 13.5. The number of carbonyl (C=O) groups is 1. The van der Waals surface area contributed by atoms with E-state index in [4.69, 9.17) is 0 Å². The number of rotatable bonds is 6. The van der Waals surface area contributed by atoms with Gasteiger partial charge in [0, 0.05) is 44.0 Å². The number of aromatic hydroxyl groups is 1. The fourth-order valence-corrected chi connectivity index (χ4v) is 4.84. The second-order valence-corrected chi connectivity index (χ2v) is 12.5. The van der Waals surface area contributed by atoms with Crippen molar-refractivity contribution in [2.75, 3.05) is 31.1 Å². The first kappa shape index (κ1) is 25.7. The van der Waals surface area contributed by atoms with Gasteiger partial charge in [-0.2, -0.15) is 0 Å². The zero-order valence-corrected chi connectivity index (χ0v) is 21.8. The van der Waals surface area contributed by atoms with Gasteiger partial charge in [0.15, 0.2) is 0 Å². The number of nitrogens with zero attached hydrogens (tertiary/aromatic N) is 2. The highest BCUT2D eigenvalue weighted by Crippen LogP contribution is 2.28. The highest BCUT2D eigenvalue weighted by Gasteiger charge is 2.31. The van der Waals surface area contributed by atoms with Gasteiger partial charge in [-0.15, -0.1) is 0 Å². The maximum Gasteiger partial charge on any atom is 0.264 e. The molecule has 0 spiro atoms. The van der Waals surface area contributed by atoms with E-state index in [1.54, 1.807) is 45.0 Å². The smallest absolute Gasteiger partial charge is 0.264 e. The number of sulfonamides is 1. The largest absolute Gasteiger partial charge is 0.508 e. The maximum absolute atomic E-state index is 12.4. The van der Waals surface area contributed by atoms with Crippen molar-refractivity contribution < 1.29 is 18.3 Å². The van der Waals surface area contributed by atoms with Gasteiger partial charge in [-0.25, -0.2) is 13.1 Å². The molecule has 0 unspecified atom stereocenters. The number of benzene rings is 3. The number of hydrogen-bond donors (Lipinski definition) is 2. The van der Waals surface area contributed by atoms with Crippen LogP contribution < -0.4 is 9.62 Å². The molecule has 0 bridgehead atoms. The van der Waals surface area contributed by atoms with Crippen molar-refractivity contribution in [1.82, 2.24) is 9.62 Å². The molecule has 0 saturated carbocycles. The molecule has 1 saturated heterocycles. The second-order valence-electron chi connectivity index (χ2n) is 10.1. The first-order valence-electron chi connectivity index (χ1n) is 12.0. The molecule has 0 aromatic heterocycles. The molecule has 1 heterocycles. The summed E-state index contributed by atoms with van der Waals surface area (Å²) < 4.78 is 25.6. The number of amides is 1. The molecule has 0 atom stereocenters. The molecule has 3 aromatic rings. The highest BCUT2D eigenvalue weighted by molar-refractivity contribution is 7.91. The van der Waals surface area contributed by atoms with E-state index in [0.717, 1.165) is 49.5 Å². The third-order valence-corrected chi connectivity index (χ3v) is 8.54. The summed E-state index contributed by atoms with van der Waals surface area (Å²) in [5, 5.41) is 9.89. The van der Waals surface area contributed by atoms with E-state index in [2.05, 4.69) is 26.7 Å². The number of piperazine rings is 1. The van der Waals surface area contributed by atoms with Crippen molar-refractivity contribution in [2.24, 2.45) is 0 Å². The molecule has 1 amide bonds. The van der Waals surface area contributed by atoms with Crippen LogP contribution >= 0.6 is 0 Å². The van der Waals surface area contributed by atoms with Crippen molar-refractivity contribution in [3.8, 4) is 16.9 Å². The van der Waals surface area contributed by atoms with Gasteiger partial charge in [0.05, 0.1) is 4.75 Å². The van der Waals surface area contributed by atoms with E-state index < -0.39 is 20.7 Å². The van der Waals surface area contributed by atoms with Crippen molar-refractivity contribution in [3.05, 3.63) is 83.9 Å². The van der Waals surface area contributed by atoms with Crippen LogP contribution in [-0.4, -0.2) is 55.3 Å². The van der Waals surface area contributed by atoms with Gasteiger partial charge in [0.25, 0.3) is 5.91 Å². The third-order valence-electron chi connectivity index (χ3n) is 6.47. The second kappa shape index (κ2) is 10.3. The minimum Gasteiger partial charge on any atom is -0.508 e. The van der Waals surface area contributed by atoms with E-state index in [9.17, 15) is 18.3 Å². The van der Waals surface area contributed by atoms with E-state index in [-0.39, 0.29) is 5.75 Å². The molecule has 36 heavy (non-hydrogen) atoms. The molecule has 0 aliphatic carbocycles. The number of anilines is 1. The standard InChI is InChI=1S/C28H33N3O4S/c1-28(2,3)36(34,35)29-27(33)21-11-13-24(14-12-21)31-17-15-30(16-18-31)20-23-7-4-5-10-26(23)22-8-6-9-25(32)19-22/h4-14,19,32H,15-18,20H2,1-3H3,(H,29,33). The Labute approximate surface area is 213 Å². The fraction of sp³-hybridized carbons (Fsp3) is 0.321. The number of phenolic OH excluding ortho intramolecular Hbond substituents is 1. The van der Waals surface area contributed by atoms with Crippen LogP contribution in [0.25, 0.3) is 11.1 Å². The van der Waals surface area contributed by atoms with Crippen molar-refractivity contribution in [1.29, 1.82) is 0 Å². The van der Waals surface area contributed by atoms with Crippen molar-refractivity contribution in [3.63, 3.8) is 0 Å². The first-order chi connectivity index (χ1) is 17.0.